The van der Waals surface area contributed by atoms with Gasteiger partial charge in [0.25, 0.3) is 11.8 Å². The molecule has 8 heteroatoms. The molecule has 0 unspecified atom stereocenters. The fraction of sp³-hybridized carbons (Fsp3) is 0.375. The molecule has 1 saturated heterocycles. The standard InChI is InChI=1S/C24H24FN3O4/c1-14-12-27(13-15(2)28(14)23(30)24(31)9-10-24)22(29)17-5-3-16(4-6-17)21-26-19-8-7-18(25)11-20(19)32-21/h3-8,11,14-15,31H,9-10,12-13H2,1-2H3/t14-,15+. The summed E-state index contributed by atoms with van der Waals surface area (Å²) in [5.74, 6) is -0.381. The highest BCUT2D eigenvalue weighted by Gasteiger charge is 2.52. The van der Waals surface area contributed by atoms with Crippen LogP contribution in [0, 0.1) is 5.82 Å². The molecule has 1 N–H and O–H groups in total. The van der Waals surface area contributed by atoms with E-state index in [1.165, 1.54) is 12.1 Å². The van der Waals surface area contributed by atoms with Gasteiger partial charge in [-0.15, -0.1) is 0 Å². The molecule has 1 aliphatic carbocycles. The van der Waals surface area contributed by atoms with Crippen molar-refractivity contribution >= 4 is 22.9 Å². The summed E-state index contributed by atoms with van der Waals surface area (Å²) in [6, 6.07) is 10.8. The van der Waals surface area contributed by atoms with E-state index in [-0.39, 0.29) is 23.9 Å². The smallest absolute Gasteiger partial charge is 0.255 e. The molecule has 1 aromatic heterocycles. The second-order valence-corrected chi connectivity index (χ2v) is 8.86. The topological polar surface area (TPSA) is 86.9 Å². The quantitative estimate of drug-likeness (QED) is 0.680. The Morgan fingerprint density at radius 1 is 1.09 bits per heavy atom. The van der Waals surface area contributed by atoms with Gasteiger partial charge in [-0.25, -0.2) is 9.37 Å². The van der Waals surface area contributed by atoms with E-state index >= 15 is 0 Å². The van der Waals surface area contributed by atoms with Crippen molar-refractivity contribution in [2.75, 3.05) is 13.1 Å². The van der Waals surface area contributed by atoms with Crippen molar-refractivity contribution in [3.05, 3.63) is 53.8 Å². The number of amides is 2. The molecule has 0 spiro atoms. The van der Waals surface area contributed by atoms with Crippen LogP contribution in [0.4, 0.5) is 4.39 Å². The number of aliphatic hydroxyl groups is 1. The first-order valence-corrected chi connectivity index (χ1v) is 10.8. The van der Waals surface area contributed by atoms with Gasteiger partial charge in [0.2, 0.25) is 5.89 Å². The van der Waals surface area contributed by atoms with E-state index in [2.05, 4.69) is 4.98 Å². The van der Waals surface area contributed by atoms with Crippen LogP contribution in [0.1, 0.15) is 37.0 Å². The largest absolute Gasteiger partial charge is 0.436 e. The summed E-state index contributed by atoms with van der Waals surface area (Å²) in [5, 5.41) is 10.2. The molecule has 0 bridgehead atoms. The maximum atomic E-state index is 13.4. The van der Waals surface area contributed by atoms with E-state index in [1.807, 2.05) is 13.8 Å². The van der Waals surface area contributed by atoms with Gasteiger partial charge in [-0.2, -0.15) is 0 Å². The Hall–Kier alpha value is -3.26. The molecule has 2 aliphatic rings. The van der Waals surface area contributed by atoms with E-state index in [1.54, 1.807) is 40.1 Å². The van der Waals surface area contributed by atoms with Crippen molar-refractivity contribution in [1.82, 2.24) is 14.8 Å². The minimum Gasteiger partial charge on any atom is -0.436 e. The Balaban J connectivity index is 1.31. The highest BCUT2D eigenvalue weighted by molar-refractivity contribution is 5.95. The lowest BCUT2D eigenvalue weighted by molar-refractivity contribution is -0.150. The van der Waals surface area contributed by atoms with Crippen LogP contribution in [0.15, 0.2) is 46.9 Å². The lowest BCUT2D eigenvalue weighted by Crippen LogP contribution is -2.62. The van der Waals surface area contributed by atoms with Crippen molar-refractivity contribution in [2.45, 2.75) is 44.4 Å². The third kappa shape index (κ3) is 3.54. The summed E-state index contributed by atoms with van der Waals surface area (Å²) < 4.78 is 19.0. The number of fused-ring (bicyclic) bond motifs is 1. The molecule has 2 amide bonds. The monoisotopic (exact) mass is 437 g/mol. The first-order chi connectivity index (χ1) is 15.2. The number of halogens is 1. The number of carbonyl (C=O) groups is 2. The van der Waals surface area contributed by atoms with Crippen molar-refractivity contribution < 1.29 is 23.5 Å². The number of aromatic nitrogens is 1. The highest BCUT2D eigenvalue weighted by atomic mass is 19.1. The fourth-order valence-electron chi connectivity index (χ4n) is 4.42. The van der Waals surface area contributed by atoms with E-state index in [4.69, 9.17) is 4.42 Å². The summed E-state index contributed by atoms with van der Waals surface area (Å²) >= 11 is 0. The summed E-state index contributed by atoms with van der Waals surface area (Å²) in [6.07, 6.45) is 1.01. The van der Waals surface area contributed by atoms with Crippen LogP contribution in [0.3, 0.4) is 0 Å². The number of hydrogen-bond acceptors (Lipinski definition) is 5. The fourth-order valence-corrected chi connectivity index (χ4v) is 4.42. The van der Waals surface area contributed by atoms with E-state index < -0.39 is 11.4 Å². The first-order valence-electron chi connectivity index (χ1n) is 10.8. The van der Waals surface area contributed by atoms with Crippen LogP contribution in [-0.4, -0.2) is 62.5 Å². The van der Waals surface area contributed by atoms with Crippen molar-refractivity contribution in [2.24, 2.45) is 0 Å². The second kappa shape index (κ2) is 7.41. The molecular formula is C24H24FN3O4. The van der Waals surface area contributed by atoms with Crippen LogP contribution in [0.2, 0.25) is 0 Å². The summed E-state index contributed by atoms with van der Waals surface area (Å²) in [6.45, 7) is 4.62. The first kappa shape index (κ1) is 20.6. The molecule has 2 heterocycles. The van der Waals surface area contributed by atoms with Gasteiger partial charge in [-0.05, 0) is 63.1 Å². The van der Waals surface area contributed by atoms with Gasteiger partial charge in [-0.3, -0.25) is 9.59 Å². The molecule has 5 rings (SSSR count). The Bertz CT molecular complexity index is 1190. The van der Waals surface area contributed by atoms with Gasteiger partial charge in [0, 0.05) is 42.4 Å². The molecule has 166 valence electrons. The van der Waals surface area contributed by atoms with Gasteiger partial charge in [0.15, 0.2) is 5.58 Å². The second-order valence-electron chi connectivity index (χ2n) is 8.86. The predicted molar refractivity (Wildman–Crippen MR) is 115 cm³/mol. The minimum absolute atomic E-state index is 0.118. The van der Waals surface area contributed by atoms with Crippen molar-refractivity contribution in [1.29, 1.82) is 0 Å². The zero-order chi connectivity index (χ0) is 22.6. The lowest BCUT2D eigenvalue weighted by atomic mass is 10.0. The Morgan fingerprint density at radius 3 is 2.38 bits per heavy atom. The van der Waals surface area contributed by atoms with E-state index in [0.717, 1.165) is 0 Å². The third-order valence-electron chi connectivity index (χ3n) is 6.29. The highest BCUT2D eigenvalue weighted by Crippen LogP contribution is 2.38. The number of benzene rings is 2. The minimum atomic E-state index is -1.21. The van der Waals surface area contributed by atoms with Gasteiger partial charge in [0.05, 0.1) is 0 Å². The van der Waals surface area contributed by atoms with Crippen molar-refractivity contribution in [3.8, 4) is 11.5 Å². The molecule has 3 aromatic rings. The molecule has 1 aliphatic heterocycles. The number of oxazole rings is 1. The number of rotatable bonds is 3. The maximum Gasteiger partial charge on any atom is 0.255 e. The Kier molecular flexibility index (Phi) is 4.78. The molecule has 32 heavy (non-hydrogen) atoms. The van der Waals surface area contributed by atoms with Crippen LogP contribution >= 0.6 is 0 Å². The molecule has 2 aromatic carbocycles. The SMILES string of the molecule is C[C@@H]1CN(C(=O)c2ccc(-c3nc4ccc(F)cc4o3)cc2)C[C@H](C)N1C(=O)C1(O)CC1. The summed E-state index contributed by atoms with van der Waals surface area (Å²) in [5.41, 5.74) is 0.934. The molecule has 0 radical (unpaired) electrons. The number of nitrogens with zero attached hydrogens (tertiary/aromatic N) is 3. The predicted octanol–water partition coefficient (Wildman–Crippen LogP) is 3.22. The van der Waals surface area contributed by atoms with E-state index in [0.29, 0.717) is 54.0 Å². The lowest BCUT2D eigenvalue weighted by Gasteiger charge is -2.45. The Morgan fingerprint density at radius 2 is 1.75 bits per heavy atom. The van der Waals surface area contributed by atoms with Crippen LogP contribution < -0.4 is 0 Å². The van der Waals surface area contributed by atoms with E-state index in [9.17, 15) is 19.1 Å². The van der Waals surface area contributed by atoms with Crippen LogP contribution in [0.5, 0.6) is 0 Å². The van der Waals surface area contributed by atoms with Gasteiger partial charge in [-0.1, -0.05) is 0 Å². The normalized spacial score (nSPS) is 22.2. The third-order valence-corrected chi connectivity index (χ3v) is 6.29. The zero-order valence-electron chi connectivity index (χ0n) is 17.9. The molecule has 1 saturated carbocycles. The van der Waals surface area contributed by atoms with Gasteiger partial charge >= 0.3 is 0 Å². The van der Waals surface area contributed by atoms with Crippen molar-refractivity contribution in [3.63, 3.8) is 0 Å². The number of piperazine rings is 1. The maximum absolute atomic E-state index is 13.4. The van der Waals surface area contributed by atoms with Gasteiger partial charge < -0.3 is 19.3 Å². The molecule has 2 fully saturated rings. The van der Waals surface area contributed by atoms with Crippen LogP contribution in [0.25, 0.3) is 22.6 Å². The average molecular weight is 437 g/mol. The van der Waals surface area contributed by atoms with Crippen LogP contribution in [-0.2, 0) is 4.79 Å². The summed E-state index contributed by atoms with van der Waals surface area (Å²) in [7, 11) is 0. The van der Waals surface area contributed by atoms with Gasteiger partial charge in [0.1, 0.15) is 16.9 Å². The molecule has 2 atom stereocenters. The Labute approximate surface area is 184 Å². The molecular weight excluding hydrogens is 413 g/mol. The average Bonchev–Trinajstić information content (AvgIpc) is 3.38. The molecule has 7 nitrogen and oxygen atoms in total. The summed E-state index contributed by atoms with van der Waals surface area (Å²) in [4.78, 5) is 33.6. The zero-order valence-corrected chi connectivity index (χ0v) is 17.9. The number of hydrogen-bond donors (Lipinski definition) is 1. The number of carbonyl (C=O) groups excluding carboxylic acids is 2.